The fourth-order valence-corrected chi connectivity index (χ4v) is 3.27. The molecule has 0 aliphatic carbocycles. The lowest BCUT2D eigenvalue weighted by Crippen LogP contribution is -2.40. The van der Waals surface area contributed by atoms with Crippen LogP contribution in [-0.2, 0) is 6.42 Å². The summed E-state index contributed by atoms with van der Waals surface area (Å²) in [4.78, 5) is 18.2. The number of rotatable bonds is 4. The minimum Gasteiger partial charge on any atom is -0.448 e. The molecule has 1 atom stereocenters. The maximum Gasteiger partial charge on any atom is 0.276 e. The molecule has 128 valence electrons. The summed E-state index contributed by atoms with van der Waals surface area (Å²) in [6.07, 6.45) is 4.10. The van der Waals surface area contributed by atoms with Gasteiger partial charge in [0.05, 0.1) is 0 Å². The molecule has 0 spiro atoms. The van der Waals surface area contributed by atoms with Crippen molar-refractivity contribution in [2.24, 2.45) is 5.92 Å². The van der Waals surface area contributed by atoms with E-state index in [1.807, 2.05) is 0 Å². The van der Waals surface area contributed by atoms with Gasteiger partial charge in [0, 0.05) is 18.7 Å². The number of oxazole rings is 1. The van der Waals surface area contributed by atoms with Crippen LogP contribution in [0.25, 0.3) is 0 Å². The Morgan fingerprint density at radius 2 is 2.12 bits per heavy atom. The largest absolute Gasteiger partial charge is 0.448 e. The molecule has 2 heterocycles. The second-order valence-corrected chi connectivity index (χ2v) is 6.26. The molecule has 6 heteroatoms. The first-order chi connectivity index (χ1) is 11.6. The van der Waals surface area contributed by atoms with Gasteiger partial charge in [-0.2, -0.15) is 0 Å². The van der Waals surface area contributed by atoms with Gasteiger partial charge in [-0.15, -0.1) is 0 Å². The van der Waals surface area contributed by atoms with Gasteiger partial charge in [-0.05, 0) is 50.7 Å². The van der Waals surface area contributed by atoms with Crippen LogP contribution in [-0.4, -0.2) is 28.9 Å². The van der Waals surface area contributed by atoms with E-state index in [1.165, 1.54) is 24.6 Å². The normalized spacial score (nSPS) is 18.0. The van der Waals surface area contributed by atoms with E-state index in [1.54, 1.807) is 11.8 Å². The fraction of sp³-hybridized carbons (Fsp3) is 0.444. The lowest BCUT2D eigenvalue weighted by atomic mass is 9.91. The van der Waals surface area contributed by atoms with Crippen molar-refractivity contribution in [3.63, 3.8) is 0 Å². The number of halogens is 2. The van der Waals surface area contributed by atoms with Crippen LogP contribution in [0.1, 0.15) is 41.1 Å². The van der Waals surface area contributed by atoms with E-state index >= 15 is 0 Å². The lowest BCUT2D eigenvalue weighted by Gasteiger charge is -2.32. The number of amides is 1. The van der Waals surface area contributed by atoms with Crippen LogP contribution in [0.15, 0.2) is 29.0 Å². The van der Waals surface area contributed by atoms with Gasteiger partial charge in [-0.25, -0.2) is 13.8 Å². The molecule has 0 radical (unpaired) electrons. The number of nitrogens with zero attached hydrogens (tertiary/aromatic N) is 2. The minimum atomic E-state index is -0.503. The molecule has 0 bridgehead atoms. The number of benzene rings is 1. The van der Waals surface area contributed by atoms with Gasteiger partial charge in [0.15, 0.2) is 12.1 Å². The van der Waals surface area contributed by atoms with Crippen molar-refractivity contribution in [2.75, 3.05) is 13.1 Å². The van der Waals surface area contributed by atoms with Crippen molar-refractivity contribution in [2.45, 2.75) is 32.6 Å². The highest BCUT2D eigenvalue weighted by molar-refractivity contribution is 5.93. The van der Waals surface area contributed by atoms with E-state index in [0.717, 1.165) is 12.8 Å². The molecule has 1 aliphatic heterocycles. The Bertz CT molecular complexity index is 709. The molecule has 1 aromatic heterocycles. The molecule has 4 nitrogen and oxygen atoms in total. The third-order valence-corrected chi connectivity index (χ3v) is 4.62. The second kappa shape index (κ2) is 7.11. The molecule has 1 aromatic carbocycles. The maximum atomic E-state index is 13.7. The summed E-state index contributed by atoms with van der Waals surface area (Å²) < 4.78 is 32.5. The molecule has 1 saturated heterocycles. The summed E-state index contributed by atoms with van der Waals surface area (Å²) in [5.41, 5.74) is 0.476. The monoisotopic (exact) mass is 334 g/mol. The Kier molecular flexibility index (Phi) is 4.92. The van der Waals surface area contributed by atoms with E-state index < -0.39 is 11.6 Å². The van der Waals surface area contributed by atoms with Crippen molar-refractivity contribution < 1.29 is 18.0 Å². The van der Waals surface area contributed by atoms with E-state index in [4.69, 9.17) is 4.42 Å². The highest BCUT2D eigenvalue weighted by atomic mass is 19.1. The first kappa shape index (κ1) is 16.6. The van der Waals surface area contributed by atoms with Gasteiger partial charge < -0.3 is 9.32 Å². The van der Waals surface area contributed by atoms with Gasteiger partial charge in [0.25, 0.3) is 5.91 Å². The van der Waals surface area contributed by atoms with E-state index in [2.05, 4.69) is 4.98 Å². The van der Waals surface area contributed by atoms with Gasteiger partial charge in [0.1, 0.15) is 17.4 Å². The molecule has 3 rings (SSSR count). The third-order valence-electron chi connectivity index (χ3n) is 4.62. The minimum absolute atomic E-state index is 0.133. The average Bonchev–Trinajstić information content (AvgIpc) is 3.00. The zero-order valence-corrected chi connectivity index (χ0v) is 13.6. The van der Waals surface area contributed by atoms with Crippen LogP contribution >= 0.6 is 0 Å². The lowest BCUT2D eigenvalue weighted by molar-refractivity contribution is 0.0661. The number of piperidine rings is 1. The zero-order valence-electron chi connectivity index (χ0n) is 13.6. The van der Waals surface area contributed by atoms with Gasteiger partial charge in [0.2, 0.25) is 0 Å². The number of carbonyl (C=O) groups is 1. The quantitative estimate of drug-likeness (QED) is 0.855. The molecule has 1 unspecified atom stereocenters. The van der Waals surface area contributed by atoms with Crippen LogP contribution in [0.5, 0.6) is 0 Å². The SMILES string of the molecule is Cc1ocnc1C(=O)N1CCCC(CCc2c(F)cccc2F)C1. The first-order valence-electron chi connectivity index (χ1n) is 8.18. The number of likely N-dealkylation sites (tertiary alicyclic amines) is 1. The molecule has 1 fully saturated rings. The number of hydrogen-bond donors (Lipinski definition) is 0. The zero-order chi connectivity index (χ0) is 17.1. The predicted octanol–water partition coefficient (Wildman–Crippen LogP) is 3.75. The van der Waals surface area contributed by atoms with Crippen LogP contribution in [0, 0.1) is 24.5 Å². The van der Waals surface area contributed by atoms with Crippen molar-refractivity contribution in [3.05, 3.63) is 53.2 Å². The highest BCUT2D eigenvalue weighted by Gasteiger charge is 2.27. The standard InChI is InChI=1S/C18H20F2N2O2/c1-12-17(21-11-24-12)18(23)22-9-3-4-13(10-22)7-8-14-15(19)5-2-6-16(14)20/h2,5-6,11,13H,3-4,7-10H2,1H3. The summed E-state index contributed by atoms with van der Waals surface area (Å²) >= 11 is 0. The Balaban J connectivity index is 1.62. The van der Waals surface area contributed by atoms with Crippen molar-refractivity contribution >= 4 is 5.91 Å². The van der Waals surface area contributed by atoms with E-state index in [9.17, 15) is 13.6 Å². The molecule has 1 aliphatic rings. The van der Waals surface area contributed by atoms with Crippen LogP contribution in [0.3, 0.4) is 0 Å². The highest BCUT2D eigenvalue weighted by Crippen LogP contribution is 2.24. The summed E-state index contributed by atoms with van der Waals surface area (Å²) in [5, 5.41) is 0. The molecule has 24 heavy (non-hydrogen) atoms. The summed E-state index contributed by atoms with van der Waals surface area (Å²) in [6, 6.07) is 3.93. The Hall–Kier alpha value is -2.24. The van der Waals surface area contributed by atoms with E-state index in [0.29, 0.717) is 37.4 Å². The van der Waals surface area contributed by atoms with Crippen molar-refractivity contribution in [1.82, 2.24) is 9.88 Å². The van der Waals surface area contributed by atoms with Crippen molar-refractivity contribution in [1.29, 1.82) is 0 Å². The molecule has 0 N–H and O–H groups in total. The number of hydrogen-bond acceptors (Lipinski definition) is 3. The number of aryl methyl sites for hydroxylation is 1. The molecule has 1 amide bonds. The molecule has 2 aromatic rings. The number of carbonyl (C=O) groups excluding carboxylic acids is 1. The van der Waals surface area contributed by atoms with Crippen molar-refractivity contribution in [3.8, 4) is 0 Å². The van der Waals surface area contributed by atoms with Crippen LogP contribution < -0.4 is 0 Å². The van der Waals surface area contributed by atoms with Gasteiger partial charge >= 0.3 is 0 Å². The topological polar surface area (TPSA) is 46.3 Å². The van der Waals surface area contributed by atoms with Gasteiger partial charge in [-0.3, -0.25) is 4.79 Å². The number of aromatic nitrogens is 1. The fourth-order valence-electron chi connectivity index (χ4n) is 3.27. The molecule has 0 saturated carbocycles. The first-order valence-corrected chi connectivity index (χ1v) is 8.18. The predicted molar refractivity (Wildman–Crippen MR) is 84.5 cm³/mol. The van der Waals surface area contributed by atoms with E-state index in [-0.39, 0.29) is 17.4 Å². The Labute approximate surface area is 139 Å². The Morgan fingerprint density at radius 1 is 1.38 bits per heavy atom. The summed E-state index contributed by atoms with van der Waals surface area (Å²) in [6.45, 7) is 2.97. The molecular formula is C18H20F2N2O2. The van der Waals surface area contributed by atoms with Crippen LogP contribution in [0.2, 0.25) is 0 Å². The third kappa shape index (κ3) is 3.47. The second-order valence-electron chi connectivity index (χ2n) is 6.26. The smallest absolute Gasteiger partial charge is 0.276 e. The van der Waals surface area contributed by atoms with Crippen LogP contribution in [0.4, 0.5) is 8.78 Å². The Morgan fingerprint density at radius 3 is 2.79 bits per heavy atom. The maximum absolute atomic E-state index is 13.7. The average molecular weight is 334 g/mol. The molecular weight excluding hydrogens is 314 g/mol. The van der Waals surface area contributed by atoms with Gasteiger partial charge in [-0.1, -0.05) is 6.07 Å². The summed E-state index contributed by atoms with van der Waals surface area (Å²) in [7, 11) is 0. The summed E-state index contributed by atoms with van der Waals surface area (Å²) in [5.74, 6) is -0.401.